The zero-order valence-corrected chi connectivity index (χ0v) is 21.6. The van der Waals surface area contributed by atoms with Crippen LogP contribution in [0, 0.1) is 13.8 Å². The van der Waals surface area contributed by atoms with Crippen molar-refractivity contribution in [1.29, 1.82) is 0 Å². The van der Waals surface area contributed by atoms with E-state index in [1.165, 1.54) is 11.9 Å². The number of aromatic nitrogens is 3. The van der Waals surface area contributed by atoms with Gasteiger partial charge in [0.05, 0.1) is 5.69 Å². The first-order valence-electron chi connectivity index (χ1n) is 12.8. The Morgan fingerprint density at radius 2 is 1.79 bits per heavy atom. The molecule has 0 radical (unpaired) electrons. The number of aryl methyl sites for hydroxylation is 2. The van der Waals surface area contributed by atoms with Crippen LogP contribution in [0.3, 0.4) is 0 Å². The topological polar surface area (TPSA) is 89.4 Å². The third-order valence-electron chi connectivity index (χ3n) is 6.93. The number of piperidine rings is 1. The number of anilines is 1. The quantitative estimate of drug-likeness (QED) is 0.382. The van der Waals surface area contributed by atoms with Crippen LogP contribution in [0.25, 0.3) is 5.69 Å². The SMILES string of the molecule is Cc1ccc(C)c(OCC(=O)Nc2ccc(C3CCN(C(=O)c4cccc(-n5cncn5)c4)CC3)cc2)c1. The Balaban J connectivity index is 1.12. The lowest BCUT2D eigenvalue weighted by atomic mass is 9.89. The van der Waals surface area contributed by atoms with Crippen LogP contribution in [0.1, 0.15) is 45.8 Å². The third kappa shape index (κ3) is 5.91. The molecular formula is C30H31N5O3. The average molecular weight is 510 g/mol. The number of amides is 2. The summed E-state index contributed by atoms with van der Waals surface area (Å²) in [6.07, 6.45) is 4.88. The summed E-state index contributed by atoms with van der Waals surface area (Å²) in [4.78, 5) is 31.4. The van der Waals surface area contributed by atoms with Crippen molar-refractivity contribution in [1.82, 2.24) is 19.7 Å². The van der Waals surface area contributed by atoms with E-state index in [0.717, 1.165) is 41.1 Å². The molecule has 8 nitrogen and oxygen atoms in total. The summed E-state index contributed by atoms with van der Waals surface area (Å²) in [7, 11) is 0. The maximum absolute atomic E-state index is 13.1. The Hall–Kier alpha value is -4.46. The second kappa shape index (κ2) is 11.3. The molecule has 1 N–H and O–H groups in total. The Morgan fingerprint density at radius 3 is 2.53 bits per heavy atom. The lowest BCUT2D eigenvalue weighted by Crippen LogP contribution is -2.38. The summed E-state index contributed by atoms with van der Waals surface area (Å²) in [5.41, 5.74) is 5.51. The molecule has 4 aromatic rings. The van der Waals surface area contributed by atoms with E-state index in [1.807, 2.05) is 73.3 Å². The molecule has 1 aliphatic heterocycles. The van der Waals surface area contributed by atoms with Crippen LogP contribution in [0.5, 0.6) is 5.75 Å². The number of hydrogen-bond donors (Lipinski definition) is 1. The summed E-state index contributed by atoms with van der Waals surface area (Å²) < 4.78 is 7.35. The second-order valence-corrected chi connectivity index (χ2v) is 9.68. The van der Waals surface area contributed by atoms with E-state index in [1.54, 1.807) is 11.0 Å². The fraction of sp³-hybridized carbons (Fsp3) is 0.267. The van der Waals surface area contributed by atoms with Gasteiger partial charge in [0.25, 0.3) is 11.8 Å². The molecule has 8 heteroatoms. The number of likely N-dealkylation sites (tertiary alicyclic amines) is 1. The molecule has 0 spiro atoms. The molecular weight excluding hydrogens is 478 g/mol. The Bertz CT molecular complexity index is 1410. The van der Waals surface area contributed by atoms with Crippen molar-refractivity contribution >= 4 is 17.5 Å². The van der Waals surface area contributed by atoms with Crippen LogP contribution in [0.15, 0.2) is 79.4 Å². The molecule has 0 unspecified atom stereocenters. The van der Waals surface area contributed by atoms with Crippen molar-refractivity contribution in [2.45, 2.75) is 32.6 Å². The molecule has 2 amide bonds. The molecule has 3 aromatic carbocycles. The van der Waals surface area contributed by atoms with Gasteiger partial charge in [0.15, 0.2) is 6.61 Å². The van der Waals surface area contributed by atoms with E-state index in [4.69, 9.17) is 4.74 Å². The van der Waals surface area contributed by atoms with E-state index >= 15 is 0 Å². The van der Waals surface area contributed by atoms with Gasteiger partial charge < -0.3 is 15.0 Å². The minimum absolute atomic E-state index is 0.0338. The van der Waals surface area contributed by atoms with E-state index in [-0.39, 0.29) is 18.4 Å². The summed E-state index contributed by atoms with van der Waals surface area (Å²) in [6.45, 7) is 5.32. The fourth-order valence-electron chi connectivity index (χ4n) is 4.76. The van der Waals surface area contributed by atoms with Gasteiger partial charge >= 0.3 is 0 Å². The smallest absolute Gasteiger partial charge is 0.262 e. The van der Waals surface area contributed by atoms with Crippen molar-refractivity contribution in [3.05, 3.63) is 102 Å². The van der Waals surface area contributed by atoms with Gasteiger partial charge in [-0.15, -0.1) is 0 Å². The van der Waals surface area contributed by atoms with Crippen LogP contribution in [-0.2, 0) is 4.79 Å². The number of hydrogen-bond acceptors (Lipinski definition) is 5. The first-order chi connectivity index (χ1) is 18.5. The molecule has 1 saturated heterocycles. The highest BCUT2D eigenvalue weighted by Crippen LogP contribution is 2.30. The van der Waals surface area contributed by atoms with Crippen molar-refractivity contribution in [3.63, 3.8) is 0 Å². The predicted molar refractivity (Wildman–Crippen MR) is 146 cm³/mol. The molecule has 1 fully saturated rings. The predicted octanol–water partition coefficient (Wildman–Crippen LogP) is 4.92. The summed E-state index contributed by atoms with van der Waals surface area (Å²) in [5.74, 6) is 0.936. The van der Waals surface area contributed by atoms with E-state index in [0.29, 0.717) is 24.6 Å². The normalized spacial score (nSPS) is 13.8. The lowest BCUT2D eigenvalue weighted by Gasteiger charge is -2.32. The van der Waals surface area contributed by atoms with Crippen molar-refractivity contribution in [2.75, 3.05) is 25.0 Å². The van der Waals surface area contributed by atoms with Gasteiger partial charge in [0.2, 0.25) is 0 Å². The average Bonchev–Trinajstić information content (AvgIpc) is 3.49. The van der Waals surface area contributed by atoms with Gasteiger partial charge in [0, 0.05) is 24.3 Å². The Morgan fingerprint density at radius 1 is 1.00 bits per heavy atom. The zero-order valence-electron chi connectivity index (χ0n) is 21.6. The first kappa shape index (κ1) is 25.2. The standard InChI is InChI=1S/C30H31N5O3/c1-21-6-7-22(2)28(16-21)38-18-29(36)33-26-10-8-23(9-11-26)24-12-14-34(15-13-24)30(37)25-4-3-5-27(17-25)35-20-31-19-32-35/h3-11,16-17,19-20,24H,12-15,18H2,1-2H3,(H,33,36). The van der Waals surface area contributed by atoms with Crippen molar-refractivity contribution < 1.29 is 14.3 Å². The van der Waals surface area contributed by atoms with Gasteiger partial charge in [-0.05, 0) is 85.7 Å². The number of ether oxygens (including phenoxy) is 1. The van der Waals surface area contributed by atoms with Crippen molar-refractivity contribution in [2.24, 2.45) is 0 Å². The van der Waals surface area contributed by atoms with Crippen LogP contribution in [0.4, 0.5) is 5.69 Å². The lowest BCUT2D eigenvalue weighted by molar-refractivity contribution is -0.118. The molecule has 0 aliphatic carbocycles. The van der Waals surface area contributed by atoms with Crippen LogP contribution in [-0.4, -0.2) is 51.2 Å². The van der Waals surface area contributed by atoms with Gasteiger partial charge in [-0.2, -0.15) is 5.10 Å². The minimum atomic E-state index is -0.196. The van der Waals surface area contributed by atoms with Crippen LogP contribution >= 0.6 is 0 Å². The molecule has 0 saturated carbocycles. The van der Waals surface area contributed by atoms with Gasteiger partial charge in [-0.3, -0.25) is 9.59 Å². The molecule has 1 aromatic heterocycles. The number of nitrogens with one attached hydrogen (secondary N) is 1. The highest BCUT2D eigenvalue weighted by atomic mass is 16.5. The summed E-state index contributed by atoms with van der Waals surface area (Å²) >= 11 is 0. The van der Waals surface area contributed by atoms with E-state index in [9.17, 15) is 9.59 Å². The molecule has 194 valence electrons. The maximum Gasteiger partial charge on any atom is 0.262 e. The number of carbonyl (C=O) groups is 2. The first-order valence-corrected chi connectivity index (χ1v) is 12.8. The third-order valence-corrected chi connectivity index (χ3v) is 6.93. The summed E-state index contributed by atoms with van der Waals surface area (Å²) in [6, 6.07) is 21.4. The van der Waals surface area contributed by atoms with E-state index in [2.05, 4.69) is 27.5 Å². The molecule has 0 bridgehead atoms. The highest BCUT2D eigenvalue weighted by Gasteiger charge is 2.25. The number of benzene rings is 3. The Labute approximate surface area is 222 Å². The van der Waals surface area contributed by atoms with Crippen molar-refractivity contribution in [3.8, 4) is 11.4 Å². The monoisotopic (exact) mass is 509 g/mol. The van der Waals surface area contributed by atoms with Crippen LogP contribution < -0.4 is 10.1 Å². The summed E-state index contributed by atoms with van der Waals surface area (Å²) in [5, 5.41) is 7.05. The van der Waals surface area contributed by atoms with Gasteiger partial charge in [-0.25, -0.2) is 9.67 Å². The van der Waals surface area contributed by atoms with Gasteiger partial charge in [-0.1, -0.05) is 30.3 Å². The zero-order chi connectivity index (χ0) is 26.5. The fourth-order valence-corrected chi connectivity index (χ4v) is 4.76. The molecule has 38 heavy (non-hydrogen) atoms. The van der Waals surface area contributed by atoms with E-state index < -0.39 is 0 Å². The number of carbonyl (C=O) groups excluding carboxylic acids is 2. The number of rotatable bonds is 7. The molecule has 5 rings (SSSR count). The molecule has 2 heterocycles. The maximum atomic E-state index is 13.1. The molecule has 1 aliphatic rings. The minimum Gasteiger partial charge on any atom is -0.483 e. The second-order valence-electron chi connectivity index (χ2n) is 9.68. The largest absolute Gasteiger partial charge is 0.483 e. The Kier molecular flexibility index (Phi) is 7.49. The molecule has 0 atom stereocenters. The highest BCUT2D eigenvalue weighted by molar-refractivity contribution is 5.95. The van der Waals surface area contributed by atoms with Crippen LogP contribution in [0.2, 0.25) is 0 Å². The number of nitrogens with zero attached hydrogens (tertiary/aromatic N) is 4. The van der Waals surface area contributed by atoms with Gasteiger partial charge in [0.1, 0.15) is 18.4 Å².